The van der Waals surface area contributed by atoms with Gasteiger partial charge in [-0.25, -0.2) is 4.79 Å². The second kappa shape index (κ2) is 6.26. The maximum atomic E-state index is 12.7. The van der Waals surface area contributed by atoms with Gasteiger partial charge in [0.2, 0.25) is 11.7 Å². The number of amides is 3. The van der Waals surface area contributed by atoms with Gasteiger partial charge in [0.15, 0.2) is 0 Å². The molecule has 142 valence electrons. The number of hydrogen-bond donors (Lipinski definition) is 1. The van der Waals surface area contributed by atoms with Gasteiger partial charge in [-0.1, -0.05) is 5.16 Å². The van der Waals surface area contributed by atoms with E-state index in [0.717, 1.165) is 17.7 Å². The Morgan fingerprint density at radius 3 is 2.74 bits per heavy atom. The minimum absolute atomic E-state index is 0.0710. The van der Waals surface area contributed by atoms with Crippen molar-refractivity contribution in [1.29, 1.82) is 0 Å². The highest BCUT2D eigenvalue weighted by atomic mass is 16.5. The van der Waals surface area contributed by atoms with Crippen molar-refractivity contribution in [3.8, 4) is 22.9 Å². The van der Waals surface area contributed by atoms with Crippen molar-refractivity contribution in [2.24, 2.45) is 5.92 Å². The molecule has 1 saturated heterocycles. The van der Waals surface area contributed by atoms with Crippen molar-refractivity contribution in [2.75, 3.05) is 14.2 Å². The van der Waals surface area contributed by atoms with Crippen LogP contribution in [-0.2, 0) is 11.3 Å². The van der Waals surface area contributed by atoms with Crippen molar-refractivity contribution in [2.45, 2.75) is 31.8 Å². The second-order valence-corrected chi connectivity index (χ2v) is 6.88. The summed E-state index contributed by atoms with van der Waals surface area (Å²) in [6.07, 6.45) is 1.89. The summed E-state index contributed by atoms with van der Waals surface area (Å²) in [5.41, 5.74) is -0.215. The molecule has 1 aliphatic carbocycles. The third kappa shape index (κ3) is 2.88. The number of ether oxygens (including phenoxy) is 2. The van der Waals surface area contributed by atoms with E-state index in [1.165, 1.54) is 7.11 Å². The van der Waals surface area contributed by atoms with Gasteiger partial charge >= 0.3 is 6.03 Å². The largest absolute Gasteiger partial charge is 0.497 e. The van der Waals surface area contributed by atoms with E-state index in [4.69, 9.17) is 14.0 Å². The summed E-state index contributed by atoms with van der Waals surface area (Å²) in [7, 11) is 3.10. The van der Waals surface area contributed by atoms with Gasteiger partial charge < -0.3 is 19.3 Å². The molecule has 2 fully saturated rings. The lowest BCUT2D eigenvalue weighted by Gasteiger charge is -2.20. The molecular weight excluding hydrogens is 352 g/mol. The van der Waals surface area contributed by atoms with Crippen LogP contribution in [0.5, 0.6) is 11.5 Å². The third-order valence-electron chi connectivity index (χ3n) is 5.11. The molecule has 0 unspecified atom stereocenters. The minimum Gasteiger partial charge on any atom is -0.497 e. The van der Waals surface area contributed by atoms with E-state index >= 15 is 0 Å². The average molecular weight is 372 g/mol. The molecule has 4 rings (SSSR count). The Labute approximate surface area is 155 Å². The fourth-order valence-electron chi connectivity index (χ4n) is 3.34. The summed E-state index contributed by atoms with van der Waals surface area (Å²) in [4.78, 5) is 30.4. The van der Waals surface area contributed by atoms with E-state index in [1.807, 2.05) is 0 Å². The number of nitrogens with zero attached hydrogens (tertiary/aromatic N) is 3. The van der Waals surface area contributed by atoms with Crippen LogP contribution in [0.15, 0.2) is 22.7 Å². The Bertz CT molecular complexity index is 907. The van der Waals surface area contributed by atoms with E-state index in [2.05, 4.69) is 15.5 Å². The molecule has 2 aliphatic rings. The highest BCUT2D eigenvalue weighted by Crippen LogP contribution is 2.42. The van der Waals surface area contributed by atoms with Gasteiger partial charge in [-0.3, -0.25) is 9.69 Å². The lowest BCUT2D eigenvalue weighted by Crippen LogP contribution is -2.46. The zero-order valence-electron chi connectivity index (χ0n) is 15.3. The molecule has 1 N–H and O–H groups in total. The number of nitrogens with one attached hydrogen (secondary N) is 1. The maximum absolute atomic E-state index is 12.7. The van der Waals surface area contributed by atoms with Gasteiger partial charge in [-0.15, -0.1) is 0 Å². The van der Waals surface area contributed by atoms with Crippen LogP contribution in [0.1, 0.15) is 25.7 Å². The molecule has 3 amide bonds. The predicted molar refractivity (Wildman–Crippen MR) is 93.0 cm³/mol. The first-order chi connectivity index (χ1) is 13.0. The van der Waals surface area contributed by atoms with Crippen LogP contribution in [0.2, 0.25) is 0 Å². The van der Waals surface area contributed by atoms with Crippen LogP contribution < -0.4 is 14.8 Å². The fraction of sp³-hybridized carbons (Fsp3) is 0.444. The number of urea groups is 1. The molecule has 1 aliphatic heterocycles. The van der Waals surface area contributed by atoms with Gasteiger partial charge in [-0.2, -0.15) is 4.98 Å². The van der Waals surface area contributed by atoms with E-state index in [9.17, 15) is 9.59 Å². The van der Waals surface area contributed by atoms with Crippen molar-refractivity contribution >= 4 is 11.9 Å². The summed E-state index contributed by atoms with van der Waals surface area (Å²) in [5, 5.41) is 6.75. The Kier molecular flexibility index (Phi) is 4.01. The van der Waals surface area contributed by atoms with E-state index < -0.39 is 11.6 Å². The zero-order chi connectivity index (χ0) is 19.2. The number of methoxy groups -OCH3 is 2. The van der Waals surface area contributed by atoms with Crippen molar-refractivity contribution < 1.29 is 23.6 Å². The normalized spacial score (nSPS) is 22.1. The molecule has 1 aromatic heterocycles. The quantitative estimate of drug-likeness (QED) is 0.773. The van der Waals surface area contributed by atoms with Gasteiger partial charge in [0.25, 0.3) is 5.91 Å². The minimum atomic E-state index is -0.834. The van der Waals surface area contributed by atoms with Gasteiger partial charge in [0.05, 0.1) is 19.8 Å². The molecule has 0 bridgehead atoms. The lowest BCUT2D eigenvalue weighted by molar-refractivity contribution is -0.132. The molecule has 2 heterocycles. The Morgan fingerprint density at radius 1 is 1.30 bits per heavy atom. The zero-order valence-corrected chi connectivity index (χ0v) is 15.3. The van der Waals surface area contributed by atoms with E-state index in [-0.39, 0.29) is 24.3 Å². The van der Waals surface area contributed by atoms with Gasteiger partial charge in [0.1, 0.15) is 23.6 Å². The SMILES string of the molecule is COc1ccc(-c2noc(CN3C(=O)N[C@](C)(C4CC4)C3=O)n2)c(OC)c1. The van der Waals surface area contributed by atoms with Crippen molar-refractivity contribution in [3.63, 3.8) is 0 Å². The Morgan fingerprint density at radius 2 is 2.07 bits per heavy atom. The molecule has 9 heteroatoms. The molecule has 27 heavy (non-hydrogen) atoms. The summed E-state index contributed by atoms with van der Waals surface area (Å²) < 4.78 is 15.8. The Hall–Kier alpha value is -3.10. The highest BCUT2D eigenvalue weighted by Gasteiger charge is 2.56. The smallest absolute Gasteiger partial charge is 0.325 e. The fourth-order valence-corrected chi connectivity index (χ4v) is 3.34. The first-order valence-electron chi connectivity index (χ1n) is 8.65. The third-order valence-corrected chi connectivity index (χ3v) is 5.11. The molecule has 1 atom stereocenters. The summed E-state index contributed by atoms with van der Waals surface area (Å²) >= 11 is 0. The number of aromatic nitrogens is 2. The summed E-state index contributed by atoms with van der Waals surface area (Å²) in [6, 6.07) is 4.79. The molecule has 9 nitrogen and oxygen atoms in total. The molecule has 1 aromatic carbocycles. The lowest BCUT2D eigenvalue weighted by atomic mass is 9.96. The average Bonchev–Trinajstić information content (AvgIpc) is 3.40. The first-order valence-corrected chi connectivity index (χ1v) is 8.65. The van der Waals surface area contributed by atoms with Crippen LogP contribution in [0, 0.1) is 5.92 Å². The van der Waals surface area contributed by atoms with Gasteiger partial charge in [-0.05, 0) is 37.8 Å². The molecule has 0 radical (unpaired) electrons. The van der Waals surface area contributed by atoms with Crippen molar-refractivity contribution in [3.05, 3.63) is 24.1 Å². The number of imide groups is 1. The number of carbonyl (C=O) groups excluding carboxylic acids is 2. The number of benzene rings is 1. The second-order valence-electron chi connectivity index (χ2n) is 6.88. The van der Waals surface area contributed by atoms with Crippen LogP contribution in [0.4, 0.5) is 4.79 Å². The van der Waals surface area contributed by atoms with Crippen molar-refractivity contribution in [1.82, 2.24) is 20.4 Å². The molecule has 2 aromatic rings. The molecular formula is C18H20N4O5. The van der Waals surface area contributed by atoms with E-state index in [0.29, 0.717) is 22.9 Å². The van der Waals surface area contributed by atoms with Crippen LogP contribution in [0.3, 0.4) is 0 Å². The predicted octanol–water partition coefficient (Wildman–Crippen LogP) is 1.97. The molecule has 0 spiro atoms. The number of carbonyl (C=O) groups is 2. The highest BCUT2D eigenvalue weighted by molar-refractivity contribution is 6.07. The topological polar surface area (TPSA) is 107 Å². The first kappa shape index (κ1) is 17.3. The monoisotopic (exact) mass is 372 g/mol. The maximum Gasteiger partial charge on any atom is 0.325 e. The van der Waals surface area contributed by atoms with Crippen LogP contribution in [0.25, 0.3) is 11.4 Å². The Balaban J connectivity index is 1.55. The standard InChI is InChI=1S/C18H20N4O5/c1-18(10-4-5-10)16(23)22(17(24)20-18)9-14-19-15(21-27-14)12-7-6-11(25-2)8-13(12)26-3/h6-8,10H,4-5,9H2,1-3H3,(H,20,24)/t18-/m1/s1. The summed E-state index contributed by atoms with van der Waals surface area (Å²) in [5.74, 6) is 1.58. The summed E-state index contributed by atoms with van der Waals surface area (Å²) in [6.45, 7) is 1.70. The molecule has 1 saturated carbocycles. The number of rotatable bonds is 6. The number of hydrogen-bond acceptors (Lipinski definition) is 7. The van der Waals surface area contributed by atoms with Crippen LogP contribution >= 0.6 is 0 Å². The van der Waals surface area contributed by atoms with E-state index in [1.54, 1.807) is 32.2 Å². The van der Waals surface area contributed by atoms with Gasteiger partial charge in [0, 0.05) is 6.07 Å². The van der Waals surface area contributed by atoms with Crippen LogP contribution in [-0.4, -0.2) is 46.7 Å².